The van der Waals surface area contributed by atoms with Crippen LogP contribution in [-0.4, -0.2) is 14.8 Å². The number of hydrogen-bond acceptors (Lipinski definition) is 3. The molecular weight excluding hydrogens is 292 g/mol. The van der Waals surface area contributed by atoms with Crippen LogP contribution in [0.25, 0.3) is 0 Å². The molecule has 96 valence electrons. The van der Waals surface area contributed by atoms with Crippen molar-refractivity contribution in [2.45, 2.75) is 26.9 Å². The van der Waals surface area contributed by atoms with Gasteiger partial charge < -0.3 is 5.32 Å². The lowest BCUT2D eigenvalue weighted by Gasteiger charge is -2.10. The Morgan fingerprint density at radius 3 is 2.67 bits per heavy atom. The average Bonchev–Trinajstić information content (AvgIpc) is 2.75. The van der Waals surface area contributed by atoms with Gasteiger partial charge in [0.1, 0.15) is 12.2 Å². The fourth-order valence-corrected chi connectivity index (χ4v) is 1.94. The predicted molar refractivity (Wildman–Crippen MR) is 76.3 cm³/mol. The van der Waals surface area contributed by atoms with Crippen LogP contribution in [-0.2, 0) is 13.1 Å². The third-order valence-electron chi connectivity index (χ3n) is 2.53. The molecule has 2 aromatic rings. The van der Waals surface area contributed by atoms with E-state index in [1.54, 1.807) is 6.33 Å². The summed E-state index contributed by atoms with van der Waals surface area (Å²) in [5.74, 6) is 1.53. The van der Waals surface area contributed by atoms with Gasteiger partial charge in [-0.3, -0.25) is 0 Å². The van der Waals surface area contributed by atoms with E-state index in [-0.39, 0.29) is 0 Å². The summed E-state index contributed by atoms with van der Waals surface area (Å²) in [6, 6.07) is 8.10. The van der Waals surface area contributed by atoms with Crippen LogP contribution in [0.2, 0.25) is 0 Å². The van der Waals surface area contributed by atoms with Crippen molar-refractivity contribution in [2.24, 2.45) is 5.92 Å². The lowest BCUT2D eigenvalue weighted by atomic mass is 10.2. The standard InChI is InChI=1S/C13H17BrN4/c1-10(2)8-18-13(16-9-17-18)7-15-12-5-3-11(14)4-6-12/h3-6,9-10,15H,7-8H2,1-2H3. The quantitative estimate of drug-likeness (QED) is 0.921. The van der Waals surface area contributed by atoms with Gasteiger partial charge >= 0.3 is 0 Å². The molecule has 4 nitrogen and oxygen atoms in total. The van der Waals surface area contributed by atoms with Crippen LogP contribution in [0.3, 0.4) is 0 Å². The highest BCUT2D eigenvalue weighted by molar-refractivity contribution is 9.10. The fraction of sp³-hybridized carbons (Fsp3) is 0.385. The summed E-state index contributed by atoms with van der Waals surface area (Å²) in [5.41, 5.74) is 1.08. The number of anilines is 1. The number of benzene rings is 1. The highest BCUT2D eigenvalue weighted by Crippen LogP contribution is 2.14. The molecule has 5 heteroatoms. The zero-order valence-corrected chi connectivity index (χ0v) is 12.2. The van der Waals surface area contributed by atoms with Crippen molar-refractivity contribution in [3.8, 4) is 0 Å². The van der Waals surface area contributed by atoms with Crippen LogP contribution < -0.4 is 5.32 Å². The molecule has 1 aromatic heterocycles. The molecule has 0 bridgehead atoms. The first kappa shape index (κ1) is 13.1. The Kier molecular flexibility index (Phi) is 4.36. The molecule has 2 rings (SSSR count). The van der Waals surface area contributed by atoms with Crippen LogP contribution in [0.5, 0.6) is 0 Å². The Morgan fingerprint density at radius 1 is 1.28 bits per heavy atom. The van der Waals surface area contributed by atoms with Gasteiger partial charge in [0.15, 0.2) is 0 Å². The van der Waals surface area contributed by atoms with Gasteiger partial charge in [0.25, 0.3) is 0 Å². The molecule has 0 amide bonds. The van der Waals surface area contributed by atoms with Crippen LogP contribution in [0, 0.1) is 5.92 Å². The second-order valence-electron chi connectivity index (χ2n) is 4.61. The summed E-state index contributed by atoms with van der Waals surface area (Å²) < 4.78 is 3.03. The van der Waals surface area contributed by atoms with Crippen LogP contribution in [0.15, 0.2) is 35.1 Å². The smallest absolute Gasteiger partial charge is 0.146 e. The summed E-state index contributed by atoms with van der Waals surface area (Å²) in [7, 11) is 0. The molecule has 0 aliphatic rings. The molecule has 0 aliphatic heterocycles. The molecule has 0 aliphatic carbocycles. The number of rotatable bonds is 5. The number of hydrogen-bond donors (Lipinski definition) is 1. The molecule has 18 heavy (non-hydrogen) atoms. The Morgan fingerprint density at radius 2 is 2.00 bits per heavy atom. The largest absolute Gasteiger partial charge is 0.378 e. The van der Waals surface area contributed by atoms with Gasteiger partial charge in [-0.1, -0.05) is 29.8 Å². The van der Waals surface area contributed by atoms with E-state index < -0.39 is 0 Å². The summed E-state index contributed by atoms with van der Waals surface area (Å²) in [6.07, 6.45) is 1.61. The van der Waals surface area contributed by atoms with Crippen LogP contribution in [0.4, 0.5) is 5.69 Å². The van der Waals surface area contributed by atoms with Gasteiger partial charge in [-0.05, 0) is 30.2 Å². The molecule has 0 atom stereocenters. The van der Waals surface area contributed by atoms with E-state index >= 15 is 0 Å². The minimum Gasteiger partial charge on any atom is -0.378 e. The lowest BCUT2D eigenvalue weighted by Crippen LogP contribution is -2.13. The van der Waals surface area contributed by atoms with Gasteiger partial charge in [-0.2, -0.15) is 5.10 Å². The number of nitrogens with zero attached hydrogens (tertiary/aromatic N) is 3. The van der Waals surface area contributed by atoms with Crippen LogP contribution >= 0.6 is 15.9 Å². The highest BCUT2D eigenvalue weighted by Gasteiger charge is 2.05. The average molecular weight is 309 g/mol. The zero-order chi connectivity index (χ0) is 13.0. The molecule has 0 radical (unpaired) electrons. The van der Waals surface area contributed by atoms with Gasteiger partial charge in [0.05, 0.1) is 6.54 Å². The van der Waals surface area contributed by atoms with E-state index in [1.165, 1.54) is 0 Å². The zero-order valence-electron chi connectivity index (χ0n) is 10.6. The van der Waals surface area contributed by atoms with E-state index in [0.717, 1.165) is 22.5 Å². The first-order valence-electron chi connectivity index (χ1n) is 6.01. The number of halogens is 1. The second-order valence-corrected chi connectivity index (χ2v) is 5.53. The van der Waals surface area contributed by atoms with Crippen molar-refractivity contribution >= 4 is 21.6 Å². The topological polar surface area (TPSA) is 42.7 Å². The maximum atomic E-state index is 4.28. The number of aromatic nitrogens is 3. The van der Waals surface area contributed by atoms with Gasteiger partial charge in [0, 0.05) is 16.7 Å². The molecule has 1 heterocycles. The molecule has 0 unspecified atom stereocenters. The second kappa shape index (κ2) is 6.00. The third kappa shape index (κ3) is 3.57. The van der Waals surface area contributed by atoms with Crippen LogP contribution in [0.1, 0.15) is 19.7 Å². The van der Waals surface area contributed by atoms with E-state index in [9.17, 15) is 0 Å². The molecule has 1 aromatic carbocycles. The summed E-state index contributed by atoms with van der Waals surface area (Å²) in [6.45, 7) is 5.94. The minimum atomic E-state index is 0.568. The molecule has 0 saturated carbocycles. The predicted octanol–water partition coefficient (Wildman–Crippen LogP) is 3.31. The van der Waals surface area contributed by atoms with Crippen molar-refractivity contribution in [1.29, 1.82) is 0 Å². The maximum Gasteiger partial charge on any atom is 0.146 e. The summed E-state index contributed by atoms with van der Waals surface area (Å²) in [4.78, 5) is 4.28. The van der Waals surface area contributed by atoms with Crippen molar-refractivity contribution < 1.29 is 0 Å². The van der Waals surface area contributed by atoms with Gasteiger partial charge in [0.2, 0.25) is 0 Å². The van der Waals surface area contributed by atoms with E-state index in [1.807, 2.05) is 28.9 Å². The van der Waals surface area contributed by atoms with Crippen molar-refractivity contribution in [3.05, 3.63) is 40.9 Å². The molecular formula is C13H17BrN4. The van der Waals surface area contributed by atoms with Crippen molar-refractivity contribution in [3.63, 3.8) is 0 Å². The Bertz CT molecular complexity index is 490. The third-order valence-corrected chi connectivity index (χ3v) is 3.06. The normalized spacial score (nSPS) is 10.9. The summed E-state index contributed by atoms with van der Waals surface area (Å²) >= 11 is 3.42. The Balaban J connectivity index is 1.97. The fourth-order valence-electron chi connectivity index (χ4n) is 1.67. The maximum absolute atomic E-state index is 4.28. The van der Waals surface area contributed by atoms with Crippen molar-refractivity contribution in [2.75, 3.05) is 5.32 Å². The van der Waals surface area contributed by atoms with E-state index in [2.05, 4.69) is 45.2 Å². The minimum absolute atomic E-state index is 0.568. The number of nitrogens with one attached hydrogen (secondary N) is 1. The van der Waals surface area contributed by atoms with Gasteiger partial charge in [-0.15, -0.1) is 0 Å². The first-order chi connectivity index (χ1) is 8.65. The van der Waals surface area contributed by atoms with E-state index in [0.29, 0.717) is 12.5 Å². The molecule has 0 fully saturated rings. The van der Waals surface area contributed by atoms with E-state index in [4.69, 9.17) is 0 Å². The Labute approximate surface area is 116 Å². The molecule has 1 N–H and O–H groups in total. The highest BCUT2D eigenvalue weighted by atomic mass is 79.9. The molecule has 0 saturated heterocycles. The van der Waals surface area contributed by atoms with Gasteiger partial charge in [-0.25, -0.2) is 9.67 Å². The monoisotopic (exact) mass is 308 g/mol. The first-order valence-corrected chi connectivity index (χ1v) is 6.80. The molecule has 0 spiro atoms. The van der Waals surface area contributed by atoms with Crippen molar-refractivity contribution in [1.82, 2.24) is 14.8 Å². The SMILES string of the molecule is CC(C)Cn1ncnc1CNc1ccc(Br)cc1. The lowest BCUT2D eigenvalue weighted by molar-refractivity contribution is 0.468. The Hall–Kier alpha value is -1.36. The summed E-state index contributed by atoms with van der Waals surface area (Å²) in [5, 5.41) is 7.58.